The molecule has 1 saturated heterocycles. The minimum Gasteiger partial charge on any atom is -0.326 e. The van der Waals surface area contributed by atoms with Crippen molar-refractivity contribution in [3.63, 3.8) is 0 Å². The zero-order valence-corrected chi connectivity index (χ0v) is 11.1. The zero-order chi connectivity index (χ0) is 10.7. The van der Waals surface area contributed by atoms with E-state index in [9.17, 15) is 0 Å². The SMILES string of the molecule is NC(Cc1cccc(Br)c1)C1CCCS1. The first-order chi connectivity index (χ1) is 7.25. The molecule has 82 valence electrons. The molecule has 2 rings (SSSR count). The van der Waals surface area contributed by atoms with Gasteiger partial charge in [0.2, 0.25) is 0 Å². The van der Waals surface area contributed by atoms with Gasteiger partial charge in [-0.15, -0.1) is 0 Å². The van der Waals surface area contributed by atoms with Gasteiger partial charge in [0.1, 0.15) is 0 Å². The molecular formula is C12H16BrNS. The highest BCUT2D eigenvalue weighted by Crippen LogP contribution is 2.29. The van der Waals surface area contributed by atoms with Crippen LogP contribution in [0.4, 0.5) is 0 Å². The number of hydrogen-bond acceptors (Lipinski definition) is 2. The molecule has 0 spiro atoms. The first-order valence-electron chi connectivity index (χ1n) is 5.37. The summed E-state index contributed by atoms with van der Waals surface area (Å²) in [6.07, 6.45) is 3.62. The highest BCUT2D eigenvalue weighted by molar-refractivity contribution is 9.10. The fourth-order valence-corrected chi connectivity index (χ4v) is 3.77. The van der Waals surface area contributed by atoms with E-state index in [0.717, 1.165) is 10.9 Å². The Bertz CT molecular complexity index is 323. The monoisotopic (exact) mass is 285 g/mol. The van der Waals surface area contributed by atoms with E-state index in [1.807, 2.05) is 11.8 Å². The van der Waals surface area contributed by atoms with Crippen LogP contribution in [0.5, 0.6) is 0 Å². The molecule has 1 heterocycles. The van der Waals surface area contributed by atoms with E-state index in [4.69, 9.17) is 5.73 Å². The summed E-state index contributed by atoms with van der Waals surface area (Å²) in [6.45, 7) is 0. The van der Waals surface area contributed by atoms with Crippen molar-refractivity contribution in [2.45, 2.75) is 30.6 Å². The molecule has 0 saturated carbocycles. The van der Waals surface area contributed by atoms with Gasteiger partial charge >= 0.3 is 0 Å². The summed E-state index contributed by atoms with van der Waals surface area (Å²) in [6, 6.07) is 8.77. The maximum atomic E-state index is 6.22. The molecule has 0 amide bonds. The Labute approximate surface area is 104 Å². The molecule has 0 radical (unpaired) electrons. The molecule has 2 N–H and O–H groups in total. The molecule has 1 fully saturated rings. The Balaban J connectivity index is 1.95. The molecule has 0 aromatic heterocycles. The minimum atomic E-state index is 0.312. The van der Waals surface area contributed by atoms with Crippen LogP contribution in [0.2, 0.25) is 0 Å². The lowest BCUT2D eigenvalue weighted by molar-refractivity contribution is 0.609. The Hall–Kier alpha value is 0.01000. The smallest absolute Gasteiger partial charge is 0.0202 e. The Morgan fingerprint density at radius 2 is 2.40 bits per heavy atom. The Morgan fingerprint density at radius 3 is 3.07 bits per heavy atom. The van der Waals surface area contributed by atoms with Crippen molar-refractivity contribution < 1.29 is 0 Å². The van der Waals surface area contributed by atoms with Gasteiger partial charge in [-0.3, -0.25) is 0 Å². The van der Waals surface area contributed by atoms with Crippen LogP contribution in [0.1, 0.15) is 18.4 Å². The van der Waals surface area contributed by atoms with E-state index < -0.39 is 0 Å². The highest BCUT2D eigenvalue weighted by Gasteiger charge is 2.22. The summed E-state index contributed by atoms with van der Waals surface area (Å²) in [4.78, 5) is 0. The van der Waals surface area contributed by atoms with Crippen LogP contribution in [-0.4, -0.2) is 17.0 Å². The van der Waals surface area contributed by atoms with Crippen LogP contribution in [0.25, 0.3) is 0 Å². The molecule has 1 aromatic carbocycles. The van der Waals surface area contributed by atoms with Crippen molar-refractivity contribution in [1.82, 2.24) is 0 Å². The predicted molar refractivity (Wildman–Crippen MR) is 71.3 cm³/mol. The van der Waals surface area contributed by atoms with Crippen LogP contribution in [0, 0.1) is 0 Å². The van der Waals surface area contributed by atoms with Crippen molar-refractivity contribution in [3.8, 4) is 0 Å². The Kier molecular flexibility index (Phi) is 4.12. The summed E-state index contributed by atoms with van der Waals surface area (Å²) >= 11 is 5.53. The molecule has 3 heteroatoms. The van der Waals surface area contributed by atoms with Crippen molar-refractivity contribution in [2.24, 2.45) is 5.73 Å². The van der Waals surface area contributed by atoms with Crippen molar-refractivity contribution in [3.05, 3.63) is 34.3 Å². The average molecular weight is 286 g/mol. The van der Waals surface area contributed by atoms with Crippen LogP contribution >= 0.6 is 27.7 Å². The molecule has 1 nitrogen and oxygen atoms in total. The van der Waals surface area contributed by atoms with Gasteiger partial charge in [-0.05, 0) is 42.7 Å². The molecule has 15 heavy (non-hydrogen) atoms. The second-order valence-corrected chi connectivity index (χ2v) is 6.31. The summed E-state index contributed by atoms with van der Waals surface area (Å²) in [7, 11) is 0. The largest absolute Gasteiger partial charge is 0.326 e. The maximum Gasteiger partial charge on any atom is 0.0202 e. The third kappa shape index (κ3) is 3.23. The second kappa shape index (κ2) is 5.37. The lowest BCUT2D eigenvalue weighted by Crippen LogP contribution is -2.33. The molecule has 0 bridgehead atoms. The Morgan fingerprint density at radius 1 is 1.53 bits per heavy atom. The third-order valence-corrected chi connectivity index (χ3v) is 4.83. The molecular weight excluding hydrogens is 270 g/mol. The molecule has 1 aliphatic heterocycles. The fraction of sp³-hybridized carbons (Fsp3) is 0.500. The van der Waals surface area contributed by atoms with Gasteiger partial charge in [0.15, 0.2) is 0 Å². The predicted octanol–water partition coefficient (Wildman–Crippen LogP) is 3.21. The van der Waals surface area contributed by atoms with Gasteiger partial charge in [-0.2, -0.15) is 11.8 Å². The number of hydrogen-bond donors (Lipinski definition) is 1. The molecule has 0 aliphatic carbocycles. The van der Waals surface area contributed by atoms with E-state index in [0.29, 0.717) is 11.3 Å². The van der Waals surface area contributed by atoms with Gasteiger partial charge in [0.05, 0.1) is 0 Å². The minimum absolute atomic E-state index is 0.312. The van der Waals surface area contributed by atoms with E-state index in [-0.39, 0.29) is 0 Å². The molecule has 1 aliphatic rings. The van der Waals surface area contributed by atoms with Crippen molar-refractivity contribution in [1.29, 1.82) is 0 Å². The quantitative estimate of drug-likeness (QED) is 0.923. The number of rotatable bonds is 3. The van der Waals surface area contributed by atoms with Crippen LogP contribution in [0.15, 0.2) is 28.7 Å². The van der Waals surface area contributed by atoms with Crippen LogP contribution in [0.3, 0.4) is 0 Å². The summed E-state index contributed by atoms with van der Waals surface area (Å²) in [5.41, 5.74) is 7.56. The van der Waals surface area contributed by atoms with Crippen molar-refractivity contribution >= 4 is 27.7 Å². The maximum absolute atomic E-state index is 6.22. The van der Waals surface area contributed by atoms with E-state index in [1.165, 1.54) is 24.2 Å². The fourth-order valence-electron chi connectivity index (χ4n) is 2.01. The van der Waals surface area contributed by atoms with Gasteiger partial charge in [0, 0.05) is 15.8 Å². The van der Waals surface area contributed by atoms with Gasteiger partial charge in [0.25, 0.3) is 0 Å². The highest BCUT2D eigenvalue weighted by atomic mass is 79.9. The van der Waals surface area contributed by atoms with E-state index >= 15 is 0 Å². The zero-order valence-electron chi connectivity index (χ0n) is 8.66. The lowest BCUT2D eigenvalue weighted by Gasteiger charge is -2.18. The number of halogens is 1. The normalized spacial score (nSPS) is 22.9. The van der Waals surface area contributed by atoms with Crippen LogP contribution in [-0.2, 0) is 6.42 Å². The molecule has 2 unspecified atom stereocenters. The first-order valence-corrected chi connectivity index (χ1v) is 7.21. The summed E-state index contributed by atoms with van der Waals surface area (Å²) in [5, 5.41) is 0.670. The van der Waals surface area contributed by atoms with Gasteiger partial charge in [-0.25, -0.2) is 0 Å². The topological polar surface area (TPSA) is 26.0 Å². The van der Waals surface area contributed by atoms with E-state index in [2.05, 4.69) is 40.2 Å². The third-order valence-electron chi connectivity index (χ3n) is 2.80. The summed E-state index contributed by atoms with van der Waals surface area (Å²) < 4.78 is 1.14. The number of benzene rings is 1. The van der Waals surface area contributed by atoms with E-state index in [1.54, 1.807) is 0 Å². The first kappa shape index (κ1) is 11.5. The molecule has 2 atom stereocenters. The summed E-state index contributed by atoms with van der Waals surface area (Å²) in [5.74, 6) is 1.29. The number of thioether (sulfide) groups is 1. The lowest BCUT2D eigenvalue weighted by atomic mass is 10.0. The van der Waals surface area contributed by atoms with Gasteiger partial charge in [-0.1, -0.05) is 28.1 Å². The second-order valence-electron chi connectivity index (χ2n) is 4.05. The molecule has 1 aromatic rings. The van der Waals surface area contributed by atoms with Gasteiger partial charge < -0.3 is 5.73 Å². The van der Waals surface area contributed by atoms with Crippen molar-refractivity contribution in [2.75, 3.05) is 5.75 Å². The standard InChI is InChI=1S/C12H16BrNS/c13-10-4-1-3-9(7-10)8-11(14)12-5-2-6-15-12/h1,3-4,7,11-12H,2,5-6,8,14H2. The average Bonchev–Trinajstić information content (AvgIpc) is 2.70. The number of nitrogens with two attached hydrogens (primary N) is 1. The van der Waals surface area contributed by atoms with Crippen LogP contribution < -0.4 is 5.73 Å².